The molecule has 0 amide bonds. The minimum absolute atomic E-state index is 0.0695. The van der Waals surface area contributed by atoms with Crippen LogP contribution in [0.15, 0.2) is 36.4 Å². The average molecular weight is 409 g/mol. The normalized spacial score (nSPS) is 23.7. The number of hydrogen-bond donors (Lipinski definition) is 0. The minimum atomic E-state index is -0.0695. The Labute approximate surface area is 179 Å². The molecule has 2 aliphatic rings. The van der Waals surface area contributed by atoms with Gasteiger partial charge in [0.05, 0.1) is 26.1 Å². The van der Waals surface area contributed by atoms with Crippen molar-refractivity contribution in [3.05, 3.63) is 69.8 Å². The summed E-state index contributed by atoms with van der Waals surface area (Å²) in [6.45, 7) is 8.38. The molecule has 0 radical (unpaired) electrons. The number of carbonyl (C=O) groups excluding carboxylic acids is 2. The number of methoxy groups -OCH3 is 2. The van der Waals surface area contributed by atoms with Gasteiger partial charge in [-0.2, -0.15) is 0 Å². The van der Waals surface area contributed by atoms with Gasteiger partial charge in [-0.25, -0.2) is 0 Å². The maximum atomic E-state index is 11.3. The maximum absolute atomic E-state index is 11.3. The smallest absolute Gasteiger partial charge is 0.309 e. The first-order chi connectivity index (χ1) is 14.3. The third kappa shape index (κ3) is 4.92. The molecule has 0 heterocycles. The zero-order valence-corrected chi connectivity index (χ0v) is 18.8. The molecule has 2 fully saturated rings. The standard InChI is InChI=1S/2C13H16O2/c2*1-8-4-5-10(9(2)6-8)11-7-12(11)13(14)15-3/h2*4-6,11-12H,7H2,1-3H3. The molecular weight excluding hydrogens is 376 g/mol. The van der Waals surface area contributed by atoms with E-state index in [0.717, 1.165) is 12.8 Å². The minimum Gasteiger partial charge on any atom is -0.469 e. The fraction of sp³-hybridized carbons (Fsp3) is 0.462. The summed E-state index contributed by atoms with van der Waals surface area (Å²) in [6.07, 6.45) is 1.88. The highest BCUT2D eigenvalue weighted by molar-refractivity contribution is 5.78. The van der Waals surface area contributed by atoms with E-state index >= 15 is 0 Å². The van der Waals surface area contributed by atoms with Crippen LogP contribution in [0.2, 0.25) is 0 Å². The second-order valence-corrected chi connectivity index (χ2v) is 8.66. The van der Waals surface area contributed by atoms with E-state index in [1.807, 2.05) is 0 Å². The summed E-state index contributed by atoms with van der Waals surface area (Å²) in [7, 11) is 2.92. The molecular formula is C26H32O4. The van der Waals surface area contributed by atoms with Crippen LogP contribution in [-0.2, 0) is 19.1 Å². The number of aryl methyl sites for hydroxylation is 4. The van der Waals surface area contributed by atoms with Gasteiger partial charge in [0.15, 0.2) is 0 Å². The van der Waals surface area contributed by atoms with Crippen molar-refractivity contribution < 1.29 is 19.1 Å². The average Bonchev–Trinajstić information content (AvgIpc) is 3.62. The lowest BCUT2D eigenvalue weighted by molar-refractivity contribution is -0.143. The van der Waals surface area contributed by atoms with Crippen molar-refractivity contribution in [1.29, 1.82) is 0 Å². The molecule has 30 heavy (non-hydrogen) atoms. The van der Waals surface area contributed by atoms with Crippen molar-refractivity contribution in [3.63, 3.8) is 0 Å². The van der Waals surface area contributed by atoms with Gasteiger partial charge in [-0.05, 0) is 74.6 Å². The molecule has 2 aromatic rings. The Hall–Kier alpha value is -2.62. The van der Waals surface area contributed by atoms with Gasteiger partial charge in [-0.15, -0.1) is 0 Å². The van der Waals surface area contributed by atoms with Crippen molar-refractivity contribution in [2.24, 2.45) is 11.8 Å². The van der Waals surface area contributed by atoms with Crippen LogP contribution < -0.4 is 0 Å². The summed E-state index contributed by atoms with van der Waals surface area (Å²) in [4.78, 5) is 22.6. The molecule has 0 saturated heterocycles. The molecule has 0 bridgehead atoms. The van der Waals surface area contributed by atoms with Crippen LogP contribution >= 0.6 is 0 Å². The van der Waals surface area contributed by atoms with Crippen molar-refractivity contribution in [1.82, 2.24) is 0 Å². The lowest BCUT2D eigenvalue weighted by atomic mass is 10.0. The number of rotatable bonds is 4. The van der Waals surface area contributed by atoms with E-state index in [1.165, 1.54) is 47.6 Å². The first-order valence-electron chi connectivity index (χ1n) is 10.6. The van der Waals surface area contributed by atoms with Gasteiger partial charge < -0.3 is 9.47 Å². The fourth-order valence-corrected chi connectivity index (χ4v) is 4.38. The van der Waals surface area contributed by atoms with Crippen molar-refractivity contribution in [2.45, 2.75) is 52.4 Å². The number of hydrogen-bond acceptors (Lipinski definition) is 4. The van der Waals surface area contributed by atoms with E-state index in [1.54, 1.807) is 0 Å². The van der Waals surface area contributed by atoms with E-state index in [2.05, 4.69) is 64.1 Å². The summed E-state index contributed by atoms with van der Waals surface area (Å²) in [5.74, 6) is 0.823. The highest BCUT2D eigenvalue weighted by Gasteiger charge is 2.46. The molecule has 0 aromatic heterocycles. The van der Waals surface area contributed by atoms with Crippen molar-refractivity contribution in [3.8, 4) is 0 Å². The van der Waals surface area contributed by atoms with E-state index in [9.17, 15) is 9.59 Å². The predicted molar refractivity (Wildman–Crippen MR) is 118 cm³/mol. The number of benzene rings is 2. The summed E-state index contributed by atoms with van der Waals surface area (Å²) in [5, 5.41) is 0. The maximum Gasteiger partial charge on any atom is 0.309 e. The first kappa shape index (κ1) is 22.1. The topological polar surface area (TPSA) is 52.6 Å². The Morgan fingerprint density at radius 1 is 0.700 bits per heavy atom. The van der Waals surface area contributed by atoms with E-state index in [4.69, 9.17) is 9.47 Å². The summed E-state index contributed by atoms with van der Waals surface area (Å²) in [5.41, 5.74) is 7.71. The predicted octanol–water partition coefficient (Wildman–Crippen LogP) is 5.16. The van der Waals surface area contributed by atoms with Gasteiger partial charge in [-0.3, -0.25) is 9.59 Å². The van der Waals surface area contributed by atoms with E-state index < -0.39 is 0 Å². The van der Waals surface area contributed by atoms with E-state index in [0.29, 0.717) is 11.8 Å². The number of carbonyl (C=O) groups is 2. The third-order valence-corrected chi connectivity index (χ3v) is 6.24. The Morgan fingerprint density at radius 3 is 1.37 bits per heavy atom. The van der Waals surface area contributed by atoms with Gasteiger partial charge in [0.2, 0.25) is 0 Å². The van der Waals surface area contributed by atoms with Crippen LogP contribution in [0.25, 0.3) is 0 Å². The molecule has 2 aliphatic carbocycles. The number of ether oxygens (including phenoxy) is 2. The van der Waals surface area contributed by atoms with Crippen LogP contribution in [0.5, 0.6) is 0 Å². The Morgan fingerprint density at radius 2 is 1.07 bits per heavy atom. The largest absolute Gasteiger partial charge is 0.469 e. The van der Waals surface area contributed by atoms with Crippen LogP contribution in [0, 0.1) is 39.5 Å². The van der Waals surface area contributed by atoms with Gasteiger partial charge in [0.1, 0.15) is 0 Å². The molecule has 4 nitrogen and oxygen atoms in total. The summed E-state index contributed by atoms with van der Waals surface area (Å²) < 4.78 is 9.50. The number of esters is 2. The van der Waals surface area contributed by atoms with Gasteiger partial charge >= 0.3 is 11.9 Å². The third-order valence-electron chi connectivity index (χ3n) is 6.24. The molecule has 2 aromatic carbocycles. The van der Waals surface area contributed by atoms with Crippen LogP contribution in [0.3, 0.4) is 0 Å². The highest BCUT2D eigenvalue weighted by Crippen LogP contribution is 2.49. The van der Waals surface area contributed by atoms with Gasteiger partial charge in [0, 0.05) is 0 Å². The zero-order valence-electron chi connectivity index (χ0n) is 18.8. The van der Waals surface area contributed by atoms with Crippen LogP contribution in [-0.4, -0.2) is 26.2 Å². The molecule has 4 unspecified atom stereocenters. The molecule has 160 valence electrons. The van der Waals surface area contributed by atoms with E-state index in [-0.39, 0.29) is 23.8 Å². The molecule has 4 rings (SSSR count). The summed E-state index contributed by atoms with van der Waals surface area (Å²) >= 11 is 0. The molecule has 4 heteroatoms. The molecule has 2 saturated carbocycles. The molecule has 0 aliphatic heterocycles. The monoisotopic (exact) mass is 408 g/mol. The fourth-order valence-electron chi connectivity index (χ4n) is 4.38. The quantitative estimate of drug-likeness (QED) is 0.656. The van der Waals surface area contributed by atoms with Crippen molar-refractivity contribution in [2.75, 3.05) is 14.2 Å². The lowest BCUT2D eigenvalue weighted by Gasteiger charge is -2.05. The summed E-state index contributed by atoms with van der Waals surface area (Å²) in [6, 6.07) is 12.8. The van der Waals surface area contributed by atoms with Crippen molar-refractivity contribution >= 4 is 11.9 Å². The lowest BCUT2D eigenvalue weighted by Crippen LogP contribution is -2.04. The SMILES string of the molecule is COC(=O)C1CC1c1ccc(C)cc1C.COC(=O)C1CC1c1ccc(C)cc1C. The second-order valence-electron chi connectivity index (χ2n) is 8.66. The second kappa shape index (κ2) is 9.03. The van der Waals surface area contributed by atoms with Crippen LogP contribution in [0.1, 0.15) is 58.1 Å². The van der Waals surface area contributed by atoms with Crippen LogP contribution in [0.4, 0.5) is 0 Å². The zero-order chi connectivity index (χ0) is 22.0. The molecule has 4 atom stereocenters. The highest BCUT2D eigenvalue weighted by atomic mass is 16.5. The van der Waals surface area contributed by atoms with Gasteiger partial charge in [-0.1, -0.05) is 47.5 Å². The Kier molecular flexibility index (Phi) is 6.64. The molecule has 0 spiro atoms. The Bertz CT molecular complexity index is 869. The van der Waals surface area contributed by atoms with Gasteiger partial charge in [0.25, 0.3) is 0 Å². The molecule has 0 N–H and O–H groups in total. The Balaban J connectivity index is 0.000000171. The first-order valence-corrected chi connectivity index (χ1v) is 10.6.